The summed E-state index contributed by atoms with van der Waals surface area (Å²) in [6.45, 7) is 0. The fourth-order valence-corrected chi connectivity index (χ4v) is 4.18. The van der Waals surface area contributed by atoms with Gasteiger partial charge in [0.25, 0.3) is 0 Å². The van der Waals surface area contributed by atoms with E-state index < -0.39 is 11.0 Å². The summed E-state index contributed by atoms with van der Waals surface area (Å²) in [7, 11) is 3.71. The van der Waals surface area contributed by atoms with E-state index in [1.165, 1.54) is 6.20 Å². The first-order chi connectivity index (χ1) is 16.5. The van der Waals surface area contributed by atoms with E-state index in [1.807, 2.05) is 60.7 Å². The smallest absolute Gasteiger partial charge is 0.238 e. The first-order valence-corrected chi connectivity index (χ1v) is 11.8. The Morgan fingerprint density at radius 3 is 2.38 bits per heavy atom. The van der Waals surface area contributed by atoms with Crippen LogP contribution in [0.5, 0.6) is 5.88 Å². The van der Waals surface area contributed by atoms with Crippen molar-refractivity contribution in [3.05, 3.63) is 77.9 Å². The van der Waals surface area contributed by atoms with Crippen LogP contribution in [0.2, 0.25) is 5.02 Å². The van der Waals surface area contributed by atoms with Crippen LogP contribution in [0.4, 0.5) is 23.1 Å². The lowest BCUT2D eigenvalue weighted by molar-refractivity contribution is 0.400. The van der Waals surface area contributed by atoms with Crippen LogP contribution in [-0.2, 0) is 11.0 Å². The summed E-state index contributed by atoms with van der Waals surface area (Å²) in [5, 5.41) is 6.63. The number of benzene rings is 2. The van der Waals surface area contributed by atoms with Crippen molar-refractivity contribution in [1.29, 1.82) is 0 Å². The molecule has 174 valence electrons. The minimum atomic E-state index is -1.34. The molecule has 0 saturated heterocycles. The Morgan fingerprint density at radius 2 is 1.65 bits per heavy atom. The summed E-state index contributed by atoms with van der Waals surface area (Å²) in [6, 6.07) is 20.9. The van der Waals surface area contributed by atoms with E-state index in [0.717, 1.165) is 11.3 Å². The zero-order chi connectivity index (χ0) is 24.1. The maximum absolute atomic E-state index is 12.6. The van der Waals surface area contributed by atoms with Crippen molar-refractivity contribution in [2.45, 2.75) is 4.90 Å². The fraction of sp³-hybridized carbons (Fsp3) is 0.125. The number of hydrogen-bond donors (Lipinski definition) is 2. The van der Waals surface area contributed by atoms with Gasteiger partial charge in [0.2, 0.25) is 11.8 Å². The van der Waals surface area contributed by atoms with Crippen molar-refractivity contribution in [3.8, 4) is 17.1 Å². The van der Waals surface area contributed by atoms with Gasteiger partial charge >= 0.3 is 0 Å². The molecule has 4 rings (SSSR count). The van der Waals surface area contributed by atoms with E-state index in [0.29, 0.717) is 38.9 Å². The highest BCUT2D eigenvalue weighted by Gasteiger charge is 2.15. The molecule has 0 fully saturated rings. The van der Waals surface area contributed by atoms with Gasteiger partial charge < -0.3 is 15.4 Å². The topological polar surface area (TPSA) is 92.3 Å². The Labute approximate surface area is 205 Å². The van der Waals surface area contributed by atoms with Crippen molar-refractivity contribution >= 4 is 45.7 Å². The third-order valence-electron chi connectivity index (χ3n) is 4.77. The molecule has 0 radical (unpaired) electrons. The van der Waals surface area contributed by atoms with Gasteiger partial charge in [-0.3, -0.25) is 0 Å². The first kappa shape index (κ1) is 23.6. The minimum absolute atomic E-state index is 0.297. The van der Waals surface area contributed by atoms with Crippen molar-refractivity contribution in [2.24, 2.45) is 0 Å². The highest BCUT2D eigenvalue weighted by molar-refractivity contribution is 7.82. The Balaban J connectivity index is 1.61. The molecule has 1 unspecified atom stereocenters. The molecule has 2 aromatic heterocycles. The van der Waals surface area contributed by atoms with E-state index in [9.17, 15) is 4.21 Å². The van der Waals surface area contributed by atoms with Gasteiger partial charge in [-0.1, -0.05) is 54.1 Å². The quantitative estimate of drug-likeness (QED) is 0.344. The van der Waals surface area contributed by atoms with Gasteiger partial charge in [0.15, 0.2) is 5.82 Å². The molecule has 2 aromatic carbocycles. The summed E-state index contributed by atoms with van der Waals surface area (Å²) >= 11 is 6.35. The van der Waals surface area contributed by atoms with E-state index in [4.69, 9.17) is 16.3 Å². The fourth-order valence-electron chi connectivity index (χ4n) is 3.14. The number of anilines is 4. The second-order valence-corrected chi connectivity index (χ2v) is 9.39. The standard InChI is InChI=1S/C24H23ClN6O2S/c1-31(2)34(32)21-12-8-7-11-19(21)27-22-17(25)15-26-24(30-22)29-20-14-13-18(28-23(20)33-3)16-9-5-4-6-10-16/h4-15H,1-3H3,(H2,26,27,29,30). The Bertz CT molecular complexity index is 1320. The van der Waals surface area contributed by atoms with E-state index >= 15 is 0 Å². The normalized spacial score (nSPS) is 11.8. The van der Waals surface area contributed by atoms with Gasteiger partial charge in [-0.05, 0) is 38.4 Å². The SMILES string of the molecule is COc1nc(-c2ccccc2)ccc1Nc1ncc(Cl)c(Nc2ccccc2S(=O)N(C)C)n1. The number of nitrogens with one attached hydrogen (secondary N) is 2. The Hall–Kier alpha value is -3.53. The minimum Gasteiger partial charge on any atom is -0.479 e. The Morgan fingerprint density at radius 1 is 0.912 bits per heavy atom. The molecule has 4 aromatic rings. The number of pyridine rings is 1. The molecule has 0 aliphatic heterocycles. The van der Waals surface area contributed by atoms with Crippen LogP contribution in [0.1, 0.15) is 0 Å². The lowest BCUT2D eigenvalue weighted by atomic mass is 10.1. The number of nitrogens with zero attached hydrogens (tertiary/aromatic N) is 4. The molecule has 10 heteroatoms. The number of ether oxygens (including phenoxy) is 1. The van der Waals surface area contributed by atoms with Gasteiger partial charge in [-0.2, -0.15) is 4.98 Å². The van der Waals surface area contributed by atoms with Crippen molar-refractivity contribution in [2.75, 3.05) is 31.8 Å². The summed E-state index contributed by atoms with van der Waals surface area (Å²) in [6.07, 6.45) is 1.49. The molecule has 1 atom stereocenters. The van der Waals surface area contributed by atoms with Gasteiger partial charge in [0.1, 0.15) is 21.7 Å². The summed E-state index contributed by atoms with van der Waals surface area (Å²) < 4.78 is 19.8. The van der Waals surface area contributed by atoms with Crippen LogP contribution in [0.3, 0.4) is 0 Å². The average molecular weight is 495 g/mol. The van der Waals surface area contributed by atoms with E-state index in [-0.39, 0.29) is 0 Å². The van der Waals surface area contributed by atoms with Crippen LogP contribution in [0.15, 0.2) is 77.8 Å². The molecule has 2 N–H and O–H groups in total. The van der Waals surface area contributed by atoms with Crippen molar-refractivity contribution in [3.63, 3.8) is 0 Å². The lowest BCUT2D eigenvalue weighted by Crippen LogP contribution is -2.16. The highest BCUT2D eigenvalue weighted by atomic mass is 35.5. The largest absolute Gasteiger partial charge is 0.479 e. The molecule has 0 bridgehead atoms. The zero-order valence-electron chi connectivity index (χ0n) is 18.8. The highest BCUT2D eigenvalue weighted by Crippen LogP contribution is 2.31. The second-order valence-electron chi connectivity index (χ2n) is 7.32. The van der Waals surface area contributed by atoms with E-state index in [1.54, 1.807) is 31.6 Å². The molecule has 2 heterocycles. The van der Waals surface area contributed by atoms with Crippen LogP contribution >= 0.6 is 11.6 Å². The molecule has 0 saturated carbocycles. The van der Waals surface area contributed by atoms with Crippen LogP contribution in [-0.4, -0.2) is 44.7 Å². The predicted octanol–water partition coefficient (Wildman–Crippen LogP) is 5.27. The number of para-hydroxylation sites is 1. The number of aromatic nitrogens is 3. The van der Waals surface area contributed by atoms with Crippen molar-refractivity contribution < 1.29 is 8.95 Å². The van der Waals surface area contributed by atoms with Crippen LogP contribution in [0.25, 0.3) is 11.3 Å². The molecule has 8 nitrogen and oxygen atoms in total. The molecular weight excluding hydrogens is 472 g/mol. The van der Waals surface area contributed by atoms with Gasteiger partial charge in [0, 0.05) is 5.56 Å². The summed E-state index contributed by atoms with van der Waals surface area (Å²) in [5.74, 6) is 1.07. The van der Waals surface area contributed by atoms with E-state index in [2.05, 4.69) is 25.6 Å². The maximum Gasteiger partial charge on any atom is 0.238 e. The van der Waals surface area contributed by atoms with Crippen LogP contribution < -0.4 is 15.4 Å². The summed E-state index contributed by atoms with van der Waals surface area (Å²) in [5.41, 5.74) is 3.00. The molecule has 34 heavy (non-hydrogen) atoms. The summed E-state index contributed by atoms with van der Waals surface area (Å²) in [4.78, 5) is 14.0. The third kappa shape index (κ3) is 5.33. The van der Waals surface area contributed by atoms with Crippen molar-refractivity contribution in [1.82, 2.24) is 19.3 Å². The molecule has 0 aliphatic carbocycles. The maximum atomic E-state index is 12.6. The molecular formula is C24H23ClN6O2S. The first-order valence-electron chi connectivity index (χ1n) is 10.3. The van der Waals surface area contributed by atoms with Gasteiger partial charge in [-0.15, -0.1) is 0 Å². The third-order valence-corrected chi connectivity index (χ3v) is 6.45. The lowest BCUT2D eigenvalue weighted by Gasteiger charge is -2.16. The number of hydrogen-bond acceptors (Lipinski definition) is 7. The van der Waals surface area contributed by atoms with Gasteiger partial charge in [0.05, 0.1) is 29.6 Å². The predicted molar refractivity (Wildman–Crippen MR) is 136 cm³/mol. The molecule has 0 spiro atoms. The number of methoxy groups -OCH3 is 1. The number of halogens is 1. The number of rotatable bonds is 8. The van der Waals surface area contributed by atoms with Gasteiger partial charge in [-0.25, -0.2) is 18.5 Å². The monoisotopic (exact) mass is 494 g/mol. The van der Waals surface area contributed by atoms with Crippen LogP contribution in [0, 0.1) is 0 Å². The molecule has 0 amide bonds. The molecule has 0 aliphatic rings. The second kappa shape index (κ2) is 10.6. The Kier molecular flexibility index (Phi) is 7.36. The average Bonchev–Trinajstić information content (AvgIpc) is 2.86. The zero-order valence-corrected chi connectivity index (χ0v) is 20.4.